The van der Waals surface area contributed by atoms with Gasteiger partial charge in [-0.3, -0.25) is 10.1 Å². The molecule has 7 nitrogen and oxygen atoms in total. The molecule has 1 N–H and O–H groups in total. The minimum Gasteiger partial charge on any atom is -0.396 e. The van der Waals surface area contributed by atoms with E-state index in [-0.39, 0.29) is 18.2 Å². The SMILES string of the molecule is O=[N+]([O-])c1cnc(N2CC(CO)C2)nc1. The van der Waals surface area contributed by atoms with Crippen LogP contribution >= 0.6 is 0 Å². The summed E-state index contributed by atoms with van der Waals surface area (Å²) >= 11 is 0. The molecular formula is C8H10N4O3. The minimum absolute atomic E-state index is 0.113. The third-order valence-electron chi connectivity index (χ3n) is 2.33. The molecule has 0 amide bonds. The molecule has 80 valence electrons. The highest BCUT2D eigenvalue weighted by Crippen LogP contribution is 2.21. The smallest absolute Gasteiger partial charge is 0.305 e. The van der Waals surface area contributed by atoms with Gasteiger partial charge in [0.2, 0.25) is 5.95 Å². The monoisotopic (exact) mass is 210 g/mol. The number of hydrogen-bond acceptors (Lipinski definition) is 6. The van der Waals surface area contributed by atoms with Gasteiger partial charge in [0.1, 0.15) is 12.4 Å². The molecule has 0 aliphatic carbocycles. The van der Waals surface area contributed by atoms with Crippen LogP contribution in [0.3, 0.4) is 0 Å². The predicted molar refractivity (Wildman–Crippen MR) is 51.5 cm³/mol. The van der Waals surface area contributed by atoms with Gasteiger partial charge in [-0.1, -0.05) is 0 Å². The number of anilines is 1. The van der Waals surface area contributed by atoms with Crippen LogP contribution in [-0.2, 0) is 0 Å². The lowest BCUT2D eigenvalue weighted by atomic mass is 10.0. The van der Waals surface area contributed by atoms with Crippen molar-refractivity contribution in [2.75, 3.05) is 24.6 Å². The Morgan fingerprint density at radius 1 is 1.53 bits per heavy atom. The van der Waals surface area contributed by atoms with Crippen LogP contribution in [0, 0.1) is 16.0 Å². The van der Waals surface area contributed by atoms with E-state index < -0.39 is 4.92 Å². The highest BCUT2D eigenvalue weighted by molar-refractivity contribution is 5.36. The van der Waals surface area contributed by atoms with Crippen molar-refractivity contribution in [1.29, 1.82) is 0 Å². The van der Waals surface area contributed by atoms with Crippen LogP contribution in [0.1, 0.15) is 0 Å². The Balaban J connectivity index is 2.02. The van der Waals surface area contributed by atoms with Crippen molar-refractivity contribution in [1.82, 2.24) is 9.97 Å². The van der Waals surface area contributed by atoms with Gasteiger partial charge in [0, 0.05) is 25.6 Å². The number of aliphatic hydroxyl groups is 1. The second-order valence-electron chi connectivity index (χ2n) is 3.45. The van der Waals surface area contributed by atoms with Crippen molar-refractivity contribution in [2.24, 2.45) is 5.92 Å². The molecule has 0 radical (unpaired) electrons. The lowest BCUT2D eigenvalue weighted by molar-refractivity contribution is -0.385. The number of rotatable bonds is 3. The fraction of sp³-hybridized carbons (Fsp3) is 0.500. The normalized spacial score (nSPS) is 16.2. The van der Waals surface area contributed by atoms with E-state index in [0.717, 1.165) is 0 Å². The molecule has 7 heteroatoms. The third kappa shape index (κ3) is 1.86. The molecule has 0 saturated carbocycles. The molecule has 1 aromatic rings. The quantitative estimate of drug-likeness (QED) is 0.549. The van der Waals surface area contributed by atoms with Crippen LogP contribution in [0.2, 0.25) is 0 Å². The molecule has 1 aromatic heterocycles. The summed E-state index contributed by atoms with van der Waals surface area (Å²) in [6.07, 6.45) is 2.38. The molecule has 15 heavy (non-hydrogen) atoms. The summed E-state index contributed by atoms with van der Waals surface area (Å²) in [6, 6.07) is 0. The average Bonchev–Trinajstić information content (AvgIpc) is 2.17. The molecule has 0 atom stereocenters. The number of nitro groups is 1. The fourth-order valence-electron chi connectivity index (χ4n) is 1.42. The first-order valence-electron chi connectivity index (χ1n) is 4.53. The first-order chi connectivity index (χ1) is 7.20. The van der Waals surface area contributed by atoms with Crippen LogP contribution < -0.4 is 4.90 Å². The van der Waals surface area contributed by atoms with Gasteiger partial charge in [-0.05, 0) is 0 Å². The van der Waals surface area contributed by atoms with E-state index in [4.69, 9.17) is 5.11 Å². The summed E-state index contributed by atoms with van der Waals surface area (Å²) < 4.78 is 0. The van der Waals surface area contributed by atoms with E-state index in [0.29, 0.717) is 19.0 Å². The van der Waals surface area contributed by atoms with E-state index in [1.807, 2.05) is 4.90 Å². The van der Waals surface area contributed by atoms with Gasteiger partial charge in [-0.25, -0.2) is 9.97 Å². The van der Waals surface area contributed by atoms with Crippen LogP contribution in [0.25, 0.3) is 0 Å². The van der Waals surface area contributed by atoms with Gasteiger partial charge in [0.05, 0.1) is 4.92 Å². The Kier molecular flexibility index (Phi) is 2.46. The van der Waals surface area contributed by atoms with Crippen molar-refractivity contribution in [3.05, 3.63) is 22.5 Å². The number of aliphatic hydroxyl groups excluding tert-OH is 1. The Labute approximate surface area is 85.5 Å². The maximum absolute atomic E-state index is 10.3. The van der Waals surface area contributed by atoms with Crippen molar-refractivity contribution in [2.45, 2.75) is 0 Å². The Bertz CT molecular complexity index is 361. The van der Waals surface area contributed by atoms with Gasteiger partial charge in [0.15, 0.2) is 0 Å². The summed E-state index contributed by atoms with van der Waals surface area (Å²) in [5.74, 6) is 0.745. The summed E-state index contributed by atoms with van der Waals surface area (Å²) in [5.41, 5.74) is -0.113. The third-order valence-corrected chi connectivity index (χ3v) is 2.33. The van der Waals surface area contributed by atoms with Crippen LogP contribution in [0.5, 0.6) is 0 Å². The van der Waals surface area contributed by atoms with Crippen molar-refractivity contribution < 1.29 is 10.0 Å². The van der Waals surface area contributed by atoms with Gasteiger partial charge < -0.3 is 10.0 Å². The molecular weight excluding hydrogens is 200 g/mol. The first-order valence-corrected chi connectivity index (χ1v) is 4.53. The highest BCUT2D eigenvalue weighted by Gasteiger charge is 2.28. The maximum atomic E-state index is 10.3. The Hall–Kier alpha value is -1.76. The zero-order valence-corrected chi connectivity index (χ0v) is 7.91. The molecule has 1 aliphatic rings. The maximum Gasteiger partial charge on any atom is 0.305 e. The van der Waals surface area contributed by atoms with Crippen LogP contribution in [0.15, 0.2) is 12.4 Å². The largest absolute Gasteiger partial charge is 0.396 e. The minimum atomic E-state index is -0.531. The summed E-state index contributed by atoms with van der Waals surface area (Å²) in [4.78, 5) is 19.4. The van der Waals surface area contributed by atoms with E-state index in [1.54, 1.807) is 0 Å². The molecule has 0 spiro atoms. The van der Waals surface area contributed by atoms with E-state index in [9.17, 15) is 10.1 Å². The summed E-state index contributed by atoms with van der Waals surface area (Å²) in [6.45, 7) is 1.56. The average molecular weight is 210 g/mol. The van der Waals surface area contributed by atoms with Crippen molar-refractivity contribution >= 4 is 11.6 Å². The molecule has 0 bridgehead atoms. The lowest BCUT2D eigenvalue weighted by Gasteiger charge is -2.37. The molecule has 1 saturated heterocycles. The zero-order valence-electron chi connectivity index (χ0n) is 7.91. The standard InChI is InChI=1S/C8H10N4O3/c13-5-6-3-11(4-6)8-9-1-7(2-10-8)12(14)15/h1-2,6,13H,3-5H2. The van der Waals surface area contributed by atoms with Crippen molar-refractivity contribution in [3.63, 3.8) is 0 Å². The van der Waals surface area contributed by atoms with E-state index in [1.165, 1.54) is 12.4 Å². The predicted octanol–water partition coefficient (Wildman–Crippen LogP) is -0.187. The zero-order chi connectivity index (χ0) is 10.8. The van der Waals surface area contributed by atoms with Crippen molar-refractivity contribution in [3.8, 4) is 0 Å². The summed E-state index contributed by atoms with van der Waals surface area (Å²) in [7, 11) is 0. The van der Waals surface area contributed by atoms with Gasteiger partial charge in [-0.2, -0.15) is 0 Å². The van der Waals surface area contributed by atoms with E-state index >= 15 is 0 Å². The Morgan fingerprint density at radius 2 is 2.13 bits per heavy atom. The topological polar surface area (TPSA) is 92.4 Å². The Morgan fingerprint density at radius 3 is 2.60 bits per heavy atom. The summed E-state index contributed by atoms with van der Waals surface area (Å²) in [5, 5.41) is 19.2. The number of hydrogen-bond donors (Lipinski definition) is 1. The molecule has 2 heterocycles. The second kappa shape index (κ2) is 3.77. The second-order valence-corrected chi connectivity index (χ2v) is 3.45. The van der Waals surface area contributed by atoms with Crippen LogP contribution in [0.4, 0.5) is 11.6 Å². The number of aromatic nitrogens is 2. The number of nitrogens with zero attached hydrogens (tertiary/aromatic N) is 4. The fourth-order valence-corrected chi connectivity index (χ4v) is 1.42. The van der Waals surface area contributed by atoms with Crippen LogP contribution in [-0.4, -0.2) is 39.7 Å². The molecule has 1 aliphatic heterocycles. The van der Waals surface area contributed by atoms with Gasteiger partial charge in [0.25, 0.3) is 0 Å². The lowest BCUT2D eigenvalue weighted by Crippen LogP contribution is -2.49. The molecule has 1 fully saturated rings. The molecule has 0 aromatic carbocycles. The molecule has 0 unspecified atom stereocenters. The molecule has 2 rings (SSSR count). The van der Waals surface area contributed by atoms with Gasteiger partial charge in [-0.15, -0.1) is 0 Å². The van der Waals surface area contributed by atoms with Gasteiger partial charge >= 0.3 is 5.69 Å². The first kappa shape index (κ1) is 9.78. The van der Waals surface area contributed by atoms with E-state index in [2.05, 4.69) is 9.97 Å². The highest BCUT2D eigenvalue weighted by atomic mass is 16.6.